The minimum Gasteiger partial charge on any atom is -0.381 e. The third-order valence-electron chi connectivity index (χ3n) is 5.38. The molecule has 19 heavy (non-hydrogen) atoms. The topological polar surface area (TPSA) is 39.9 Å². The summed E-state index contributed by atoms with van der Waals surface area (Å²) in [5.74, 6) is 3.19. The zero-order valence-electron chi connectivity index (χ0n) is 11.6. The van der Waals surface area contributed by atoms with Gasteiger partial charge in [-0.3, -0.25) is 0 Å². The first kappa shape index (κ1) is 11.9. The highest BCUT2D eigenvalue weighted by Crippen LogP contribution is 2.64. The summed E-state index contributed by atoms with van der Waals surface area (Å²) in [6.45, 7) is 3.02. The number of aromatic nitrogens is 3. The van der Waals surface area contributed by atoms with Gasteiger partial charge in [0.25, 0.3) is 0 Å². The summed E-state index contributed by atoms with van der Waals surface area (Å²) in [4.78, 5) is 0. The fourth-order valence-corrected chi connectivity index (χ4v) is 3.99. The van der Waals surface area contributed by atoms with Crippen LogP contribution in [0.3, 0.4) is 0 Å². The molecule has 1 spiro atoms. The standard InChI is InChI=1S/C15H23N3O/c1-2-4-8-18-13(5-3-1)16-17-14(18)12-11-15(12)6-9-19-10-7-15/h12H,1-11H2. The zero-order valence-corrected chi connectivity index (χ0v) is 11.6. The van der Waals surface area contributed by atoms with Crippen molar-refractivity contribution in [3.8, 4) is 0 Å². The van der Waals surface area contributed by atoms with Crippen LogP contribution >= 0.6 is 0 Å². The van der Waals surface area contributed by atoms with Crippen LogP contribution in [0.1, 0.15) is 62.5 Å². The molecule has 1 aromatic rings. The lowest BCUT2D eigenvalue weighted by atomic mass is 9.93. The van der Waals surface area contributed by atoms with E-state index in [4.69, 9.17) is 4.74 Å². The van der Waals surface area contributed by atoms with Crippen LogP contribution in [0.25, 0.3) is 0 Å². The van der Waals surface area contributed by atoms with E-state index in [9.17, 15) is 0 Å². The molecule has 4 nitrogen and oxygen atoms in total. The van der Waals surface area contributed by atoms with Gasteiger partial charge in [0.1, 0.15) is 11.6 Å². The van der Waals surface area contributed by atoms with Crippen molar-refractivity contribution in [2.24, 2.45) is 5.41 Å². The van der Waals surface area contributed by atoms with E-state index >= 15 is 0 Å². The molecule has 104 valence electrons. The minimum atomic E-state index is 0.518. The Morgan fingerprint density at radius 1 is 1.05 bits per heavy atom. The molecule has 1 saturated heterocycles. The Morgan fingerprint density at radius 3 is 2.79 bits per heavy atom. The van der Waals surface area contributed by atoms with Gasteiger partial charge in [-0.2, -0.15) is 0 Å². The summed E-state index contributed by atoms with van der Waals surface area (Å²) in [5.41, 5.74) is 0.518. The second kappa shape index (κ2) is 4.58. The van der Waals surface area contributed by atoms with Crippen LogP contribution in [0.15, 0.2) is 0 Å². The SMILES string of the molecule is C1CCCn2c(nnc2C2CC23CCOCC3)CC1. The second-order valence-electron chi connectivity index (χ2n) is 6.52. The molecule has 2 aliphatic heterocycles. The fourth-order valence-electron chi connectivity index (χ4n) is 3.99. The lowest BCUT2D eigenvalue weighted by Gasteiger charge is -2.23. The van der Waals surface area contributed by atoms with Crippen LogP contribution in [-0.4, -0.2) is 28.0 Å². The second-order valence-corrected chi connectivity index (χ2v) is 6.52. The molecule has 2 fully saturated rings. The summed E-state index contributed by atoms with van der Waals surface area (Å²) >= 11 is 0. The number of rotatable bonds is 1. The summed E-state index contributed by atoms with van der Waals surface area (Å²) < 4.78 is 7.97. The Balaban J connectivity index is 1.59. The number of ether oxygens (including phenoxy) is 1. The van der Waals surface area contributed by atoms with E-state index in [1.165, 1.54) is 56.6 Å². The molecule has 1 aliphatic carbocycles. The first-order valence-corrected chi connectivity index (χ1v) is 7.89. The molecule has 1 unspecified atom stereocenters. The number of fused-ring (bicyclic) bond motifs is 1. The molecule has 0 N–H and O–H groups in total. The first-order valence-electron chi connectivity index (χ1n) is 7.89. The van der Waals surface area contributed by atoms with Crippen LogP contribution in [0.5, 0.6) is 0 Å². The predicted molar refractivity (Wildman–Crippen MR) is 72.0 cm³/mol. The molecule has 3 heterocycles. The van der Waals surface area contributed by atoms with Crippen LogP contribution < -0.4 is 0 Å². The Kier molecular flexibility index (Phi) is 2.87. The monoisotopic (exact) mass is 261 g/mol. The van der Waals surface area contributed by atoms with Gasteiger partial charge in [0.15, 0.2) is 0 Å². The van der Waals surface area contributed by atoms with Gasteiger partial charge in [0.05, 0.1) is 0 Å². The molecule has 4 rings (SSSR count). The zero-order chi connectivity index (χ0) is 12.7. The summed E-state index contributed by atoms with van der Waals surface area (Å²) in [6, 6.07) is 0. The van der Waals surface area contributed by atoms with Crippen molar-refractivity contribution in [1.29, 1.82) is 0 Å². The molecule has 0 radical (unpaired) electrons. The van der Waals surface area contributed by atoms with Gasteiger partial charge in [-0.05, 0) is 37.5 Å². The molecule has 4 heteroatoms. The van der Waals surface area contributed by atoms with Gasteiger partial charge < -0.3 is 9.30 Å². The summed E-state index contributed by atoms with van der Waals surface area (Å²) in [6.07, 6.45) is 10.2. The minimum absolute atomic E-state index is 0.518. The Morgan fingerprint density at radius 2 is 1.89 bits per heavy atom. The van der Waals surface area contributed by atoms with Crippen LogP contribution in [-0.2, 0) is 17.7 Å². The van der Waals surface area contributed by atoms with E-state index in [0.717, 1.165) is 26.2 Å². The van der Waals surface area contributed by atoms with E-state index in [2.05, 4.69) is 14.8 Å². The van der Waals surface area contributed by atoms with Crippen molar-refractivity contribution in [2.45, 2.75) is 63.8 Å². The van der Waals surface area contributed by atoms with E-state index < -0.39 is 0 Å². The lowest BCUT2D eigenvalue weighted by Crippen LogP contribution is -2.19. The van der Waals surface area contributed by atoms with E-state index in [1.807, 2.05) is 0 Å². The van der Waals surface area contributed by atoms with Crippen LogP contribution in [0, 0.1) is 5.41 Å². The van der Waals surface area contributed by atoms with Crippen molar-refractivity contribution < 1.29 is 4.74 Å². The average Bonchev–Trinajstić information content (AvgIpc) is 2.93. The smallest absolute Gasteiger partial charge is 0.136 e. The van der Waals surface area contributed by atoms with Crippen molar-refractivity contribution in [1.82, 2.24) is 14.8 Å². The van der Waals surface area contributed by atoms with Gasteiger partial charge >= 0.3 is 0 Å². The Hall–Kier alpha value is -0.900. The quantitative estimate of drug-likeness (QED) is 0.780. The van der Waals surface area contributed by atoms with Crippen LogP contribution in [0.4, 0.5) is 0 Å². The van der Waals surface area contributed by atoms with Crippen molar-refractivity contribution in [3.63, 3.8) is 0 Å². The molecule has 3 aliphatic rings. The van der Waals surface area contributed by atoms with Gasteiger partial charge in [0, 0.05) is 32.1 Å². The Bertz CT molecular complexity index is 462. The van der Waals surface area contributed by atoms with Crippen molar-refractivity contribution in [3.05, 3.63) is 11.6 Å². The average molecular weight is 261 g/mol. The van der Waals surface area contributed by atoms with E-state index in [-0.39, 0.29) is 0 Å². The molecule has 0 amide bonds. The Labute approximate surface area is 114 Å². The maximum Gasteiger partial charge on any atom is 0.136 e. The highest BCUT2D eigenvalue weighted by molar-refractivity contribution is 5.20. The molecule has 1 aromatic heterocycles. The highest BCUT2D eigenvalue weighted by atomic mass is 16.5. The van der Waals surface area contributed by atoms with E-state index in [0.29, 0.717) is 11.3 Å². The van der Waals surface area contributed by atoms with Crippen molar-refractivity contribution in [2.75, 3.05) is 13.2 Å². The highest BCUT2D eigenvalue weighted by Gasteiger charge is 2.57. The lowest BCUT2D eigenvalue weighted by molar-refractivity contribution is 0.0552. The van der Waals surface area contributed by atoms with Crippen LogP contribution in [0.2, 0.25) is 0 Å². The fraction of sp³-hybridized carbons (Fsp3) is 0.867. The number of nitrogens with zero attached hydrogens (tertiary/aromatic N) is 3. The maximum absolute atomic E-state index is 5.52. The third-order valence-corrected chi connectivity index (χ3v) is 5.38. The molecular formula is C15H23N3O. The van der Waals surface area contributed by atoms with Gasteiger partial charge in [0.2, 0.25) is 0 Å². The third kappa shape index (κ3) is 2.00. The number of aryl methyl sites for hydroxylation is 1. The van der Waals surface area contributed by atoms with E-state index in [1.54, 1.807) is 0 Å². The largest absolute Gasteiger partial charge is 0.381 e. The molecule has 1 atom stereocenters. The number of hydrogen-bond acceptors (Lipinski definition) is 3. The normalized spacial score (nSPS) is 29.6. The first-order chi connectivity index (χ1) is 9.39. The summed E-state index contributed by atoms with van der Waals surface area (Å²) in [7, 11) is 0. The molecular weight excluding hydrogens is 238 g/mol. The molecule has 1 saturated carbocycles. The van der Waals surface area contributed by atoms with Gasteiger partial charge in [-0.15, -0.1) is 10.2 Å². The maximum atomic E-state index is 5.52. The summed E-state index contributed by atoms with van der Waals surface area (Å²) in [5, 5.41) is 9.04. The number of hydrogen-bond donors (Lipinski definition) is 0. The van der Waals surface area contributed by atoms with Gasteiger partial charge in [-0.1, -0.05) is 12.8 Å². The van der Waals surface area contributed by atoms with Crippen molar-refractivity contribution >= 4 is 0 Å². The molecule has 0 aromatic carbocycles. The molecule has 0 bridgehead atoms. The predicted octanol–water partition coefficient (Wildman–Crippen LogP) is 2.68. The van der Waals surface area contributed by atoms with Gasteiger partial charge in [-0.25, -0.2) is 0 Å².